The second kappa shape index (κ2) is 4.83. The minimum Gasteiger partial charge on any atom is -0.420 e. The predicted molar refractivity (Wildman–Crippen MR) is 57.3 cm³/mol. The first kappa shape index (κ1) is 13.0. The van der Waals surface area contributed by atoms with Gasteiger partial charge >= 0.3 is 0 Å². The van der Waals surface area contributed by atoms with Crippen LogP contribution in [0.25, 0.3) is 11.5 Å². The van der Waals surface area contributed by atoms with Gasteiger partial charge in [0.2, 0.25) is 0 Å². The summed E-state index contributed by atoms with van der Waals surface area (Å²) in [7, 11) is 0. The normalized spacial score (nSPS) is 10.9. The van der Waals surface area contributed by atoms with Crippen LogP contribution in [0.1, 0.15) is 26.6 Å². The summed E-state index contributed by atoms with van der Waals surface area (Å²) >= 11 is 0. The average Bonchev–Trinajstić information content (AvgIpc) is 2.67. The maximum Gasteiger partial charge on any atom is 0.0634 e. The molecule has 5 heteroatoms. The van der Waals surface area contributed by atoms with E-state index in [2.05, 4.69) is 40.9 Å². The van der Waals surface area contributed by atoms with Crippen molar-refractivity contribution < 1.29 is 19.5 Å². The van der Waals surface area contributed by atoms with Crippen LogP contribution < -0.4 is 5.10 Å². The predicted octanol–water partition coefficient (Wildman–Crippen LogP) is 1.79. The molecule has 80 valence electrons. The topological polar surface area (TPSA) is 52.8 Å². The van der Waals surface area contributed by atoms with E-state index in [0.717, 1.165) is 11.5 Å². The van der Waals surface area contributed by atoms with Crippen molar-refractivity contribution >= 4 is 0 Å². The van der Waals surface area contributed by atoms with Crippen LogP contribution in [0.2, 0.25) is 0 Å². The van der Waals surface area contributed by atoms with Gasteiger partial charge in [0.1, 0.15) is 0 Å². The van der Waals surface area contributed by atoms with E-state index in [4.69, 9.17) is 0 Å². The van der Waals surface area contributed by atoms with E-state index < -0.39 is 0 Å². The molecular formula is C11H13N4Zn-. The van der Waals surface area contributed by atoms with E-state index in [1.807, 2.05) is 18.2 Å². The molecule has 0 aromatic carbocycles. The smallest absolute Gasteiger partial charge is 0.0634 e. The summed E-state index contributed by atoms with van der Waals surface area (Å²) in [6.07, 6.45) is 1.72. The second-order valence-corrected chi connectivity index (χ2v) is 4.42. The number of aromatic nitrogens is 4. The summed E-state index contributed by atoms with van der Waals surface area (Å²) in [6, 6.07) is 5.66. The molecule has 0 amide bonds. The standard InChI is InChI=1S/C11H13N4.Zn/c1-11(2,3)10-13-9(14-15-10)8-6-4-5-7-12-8;/h4-7H,1-3H3;/q-1;. The molecule has 4 nitrogen and oxygen atoms in total. The van der Waals surface area contributed by atoms with E-state index in [1.165, 1.54) is 0 Å². The average molecular weight is 267 g/mol. The van der Waals surface area contributed by atoms with E-state index in [-0.39, 0.29) is 24.9 Å². The van der Waals surface area contributed by atoms with Crippen LogP contribution >= 0.6 is 0 Å². The molecule has 16 heavy (non-hydrogen) atoms. The SMILES string of the molecule is CC(C)(C)c1n[n-]c(-c2ccccn2)n1.[Zn]. The Morgan fingerprint density at radius 2 is 1.94 bits per heavy atom. The minimum absolute atomic E-state index is 0. The molecule has 2 aromatic heterocycles. The Hall–Kier alpha value is -1.09. The van der Waals surface area contributed by atoms with Crippen LogP contribution in [0.4, 0.5) is 0 Å². The quantitative estimate of drug-likeness (QED) is 0.739. The van der Waals surface area contributed by atoms with Crippen LogP contribution in [0.3, 0.4) is 0 Å². The summed E-state index contributed by atoms with van der Waals surface area (Å²) < 4.78 is 0. The summed E-state index contributed by atoms with van der Waals surface area (Å²) in [6.45, 7) is 6.19. The summed E-state index contributed by atoms with van der Waals surface area (Å²) in [5.74, 6) is 1.35. The Bertz CT molecular complexity index is 445. The summed E-state index contributed by atoms with van der Waals surface area (Å²) in [4.78, 5) is 8.55. The van der Waals surface area contributed by atoms with Crippen LogP contribution in [0, 0.1) is 0 Å². The molecule has 0 aliphatic heterocycles. The molecule has 0 atom stereocenters. The maximum atomic E-state index is 4.37. The molecule has 0 unspecified atom stereocenters. The first-order chi connectivity index (χ1) is 7.07. The Morgan fingerprint density at radius 1 is 1.19 bits per heavy atom. The molecule has 2 heterocycles. The molecular weight excluding hydrogens is 254 g/mol. The third kappa shape index (κ3) is 2.73. The fourth-order valence-electron chi connectivity index (χ4n) is 1.16. The van der Waals surface area contributed by atoms with Gasteiger partial charge < -0.3 is 10.1 Å². The third-order valence-corrected chi connectivity index (χ3v) is 2.02. The molecule has 0 aliphatic carbocycles. The van der Waals surface area contributed by atoms with Crippen molar-refractivity contribution in [3.8, 4) is 11.5 Å². The van der Waals surface area contributed by atoms with Crippen LogP contribution in [-0.2, 0) is 24.9 Å². The van der Waals surface area contributed by atoms with Gasteiger partial charge in [-0.15, -0.1) is 0 Å². The zero-order valence-corrected chi connectivity index (χ0v) is 12.8. The molecule has 0 bridgehead atoms. The van der Waals surface area contributed by atoms with Crippen LogP contribution in [0.15, 0.2) is 24.4 Å². The molecule has 0 saturated heterocycles. The van der Waals surface area contributed by atoms with E-state index in [0.29, 0.717) is 5.82 Å². The van der Waals surface area contributed by atoms with Crippen molar-refractivity contribution in [1.82, 2.24) is 20.2 Å². The Morgan fingerprint density at radius 3 is 2.44 bits per heavy atom. The van der Waals surface area contributed by atoms with Crippen molar-refractivity contribution in [3.05, 3.63) is 30.2 Å². The van der Waals surface area contributed by atoms with Gasteiger partial charge in [0.15, 0.2) is 0 Å². The third-order valence-electron chi connectivity index (χ3n) is 2.02. The van der Waals surface area contributed by atoms with Crippen molar-refractivity contribution in [2.75, 3.05) is 0 Å². The molecule has 0 radical (unpaired) electrons. The van der Waals surface area contributed by atoms with Crippen molar-refractivity contribution in [2.24, 2.45) is 0 Å². The van der Waals surface area contributed by atoms with Crippen LogP contribution in [-0.4, -0.2) is 15.1 Å². The molecule has 2 rings (SSSR count). The number of rotatable bonds is 1. The largest absolute Gasteiger partial charge is 0.420 e. The van der Waals surface area contributed by atoms with Gasteiger partial charge in [0.05, 0.1) is 5.69 Å². The number of hydrogen-bond donors (Lipinski definition) is 0. The molecule has 0 N–H and O–H groups in total. The molecule has 0 saturated carbocycles. The first-order valence-corrected chi connectivity index (χ1v) is 4.86. The van der Waals surface area contributed by atoms with Crippen LogP contribution in [0.5, 0.6) is 0 Å². The molecule has 0 fully saturated rings. The number of nitrogens with zero attached hydrogens (tertiary/aromatic N) is 4. The fraction of sp³-hybridized carbons (Fsp3) is 0.364. The minimum atomic E-state index is -0.0694. The maximum absolute atomic E-state index is 4.37. The molecule has 0 spiro atoms. The summed E-state index contributed by atoms with van der Waals surface area (Å²) in [5, 5.41) is 8.09. The zero-order chi connectivity index (χ0) is 10.9. The zero-order valence-electron chi connectivity index (χ0n) is 9.81. The van der Waals surface area contributed by atoms with Gasteiger partial charge in [-0.1, -0.05) is 26.8 Å². The molecule has 2 aromatic rings. The van der Waals surface area contributed by atoms with Crippen molar-refractivity contribution in [1.29, 1.82) is 0 Å². The Labute approximate surface area is 108 Å². The number of hydrogen-bond acceptors (Lipinski definition) is 3. The van der Waals surface area contributed by atoms with Gasteiger partial charge in [-0.2, -0.15) is 0 Å². The van der Waals surface area contributed by atoms with E-state index in [9.17, 15) is 0 Å². The monoisotopic (exact) mass is 265 g/mol. The van der Waals surface area contributed by atoms with Crippen molar-refractivity contribution in [3.63, 3.8) is 0 Å². The van der Waals surface area contributed by atoms with Crippen molar-refractivity contribution in [2.45, 2.75) is 26.2 Å². The first-order valence-electron chi connectivity index (χ1n) is 4.86. The number of pyridine rings is 1. The van der Waals surface area contributed by atoms with Gasteiger partial charge in [-0.3, -0.25) is 10.1 Å². The van der Waals surface area contributed by atoms with Gasteiger partial charge in [0.25, 0.3) is 0 Å². The fourth-order valence-corrected chi connectivity index (χ4v) is 1.16. The van der Waals surface area contributed by atoms with Gasteiger partial charge in [0, 0.05) is 36.9 Å². The molecule has 0 aliphatic rings. The Balaban J connectivity index is 0.00000128. The van der Waals surface area contributed by atoms with E-state index in [1.54, 1.807) is 6.20 Å². The Kier molecular flexibility index (Phi) is 3.92. The van der Waals surface area contributed by atoms with Gasteiger partial charge in [-0.25, -0.2) is 0 Å². The summed E-state index contributed by atoms with van der Waals surface area (Å²) in [5.41, 5.74) is 0.695. The van der Waals surface area contributed by atoms with E-state index >= 15 is 0 Å². The van der Waals surface area contributed by atoms with Gasteiger partial charge in [-0.05, 0) is 18.0 Å². The second-order valence-electron chi connectivity index (χ2n) is 4.42.